The van der Waals surface area contributed by atoms with Gasteiger partial charge in [-0.1, -0.05) is 57.4 Å². The first-order chi connectivity index (χ1) is 20.2. The number of benzene rings is 1. The molecule has 1 amide bonds. The summed E-state index contributed by atoms with van der Waals surface area (Å²) in [6, 6.07) is 4.29. The lowest BCUT2D eigenvalue weighted by atomic mass is 9.75. The Morgan fingerprint density at radius 1 is 1.07 bits per heavy atom. The number of halogens is 1. The van der Waals surface area contributed by atoms with Crippen LogP contribution in [-0.4, -0.2) is 43.6 Å². The molecule has 2 saturated heterocycles. The van der Waals surface area contributed by atoms with Crippen molar-refractivity contribution in [3.8, 4) is 0 Å². The molecule has 2 aromatic rings. The van der Waals surface area contributed by atoms with Gasteiger partial charge < -0.3 is 9.15 Å². The smallest absolute Gasteiger partial charge is 0.257 e. The van der Waals surface area contributed by atoms with Gasteiger partial charge in [0.1, 0.15) is 17.8 Å². The van der Waals surface area contributed by atoms with Crippen molar-refractivity contribution in [3.63, 3.8) is 0 Å². The summed E-state index contributed by atoms with van der Waals surface area (Å²) < 4.78 is 51.0. The van der Waals surface area contributed by atoms with Crippen molar-refractivity contribution >= 4 is 27.8 Å². The molecule has 2 aliphatic heterocycles. The lowest BCUT2D eigenvalue weighted by molar-refractivity contribution is -0.114. The molecular weight excluding hydrogens is 559 g/mol. The van der Waals surface area contributed by atoms with E-state index in [0.717, 1.165) is 43.9 Å². The van der Waals surface area contributed by atoms with Gasteiger partial charge in [-0.3, -0.25) is 9.59 Å². The third-order valence-corrected chi connectivity index (χ3v) is 9.59. The Hall–Kier alpha value is -2.85. The molecule has 1 N–H and O–H groups in total. The van der Waals surface area contributed by atoms with E-state index in [1.807, 2.05) is 4.72 Å². The summed E-state index contributed by atoms with van der Waals surface area (Å²) in [5.41, 5.74) is 1.62. The zero-order valence-electron chi connectivity index (χ0n) is 24.2. The molecule has 4 atom stereocenters. The second kappa shape index (κ2) is 13.6. The van der Waals surface area contributed by atoms with Crippen molar-refractivity contribution in [3.05, 3.63) is 59.1 Å². The Bertz CT molecular complexity index is 1400. The van der Waals surface area contributed by atoms with Crippen molar-refractivity contribution in [2.75, 3.05) is 6.26 Å². The first kappa shape index (κ1) is 30.6. The molecule has 1 aromatic heterocycles. The van der Waals surface area contributed by atoms with E-state index in [1.54, 1.807) is 6.07 Å². The van der Waals surface area contributed by atoms with Gasteiger partial charge in [0, 0.05) is 18.4 Å². The number of Topliss-reactive ketones (excluding diaryl/α,β-unsaturated/α-hetero) is 1. The predicted molar refractivity (Wildman–Crippen MR) is 157 cm³/mol. The molecule has 228 valence electrons. The van der Waals surface area contributed by atoms with Gasteiger partial charge >= 0.3 is 0 Å². The maximum Gasteiger partial charge on any atom is 0.257 e. The van der Waals surface area contributed by atoms with Gasteiger partial charge in [0.2, 0.25) is 15.9 Å². The van der Waals surface area contributed by atoms with E-state index < -0.39 is 21.7 Å². The monoisotopic (exact) mass is 600 g/mol. The molecule has 0 spiro atoms. The van der Waals surface area contributed by atoms with Crippen molar-refractivity contribution in [2.24, 2.45) is 11.8 Å². The summed E-state index contributed by atoms with van der Waals surface area (Å²) in [7, 11) is -3.69. The summed E-state index contributed by atoms with van der Waals surface area (Å²) in [6.45, 7) is 0. The molecule has 3 heterocycles. The van der Waals surface area contributed by atoms with Crippen LogP contribution in [0.3, 0.4) is 0 Å². The lowest BCUT2D eigenvalue weighted by Gasteiger charge is -2.26. The molecule has 1 aliphatic carbocycles. The van der Waals surface area contributed by atoms with Gasteiger partial charge in [-0.15, -0.1) is 0 Å². The second-order valence-electron chi connectivity index (χ2n) is 12.2. The fourth-order valence-electron chi connectivity index (χ4n) is 6.99. The number of amides is 1. The Labute approximate surface area is 247 Å². The van der Waals surface area contributed by atoms with Crippen LogP contribution >= 0.6 is 0 Å². The van der Waals surface area contributed by atoms with Crippen molar-refractivity contribution in [1.29, 1.82) is 0 Å². The van der Waals surface area contributed by atoms with E-state index in [1.165, 1.54) is 69.4 Å². The van der Waals surface area contributed by atoms with E-state index in [-0.39, 0.29) is 29.8 Å². The number of aromatic nitrogens is 1. The molecule has 3 aliphatic rings. The van der Waals surface area contributed by atoms with Crippen molar-refractivity contribution < 1.29 is 31.6 Å². The highest BCUT2D eigenvalue weighted by molar-refractivity contribution is 7.89. The van der Waals surface area contributed by atoms with Crippen LogP contribution in [0.2, 0.25) is 0 Å². The number of nitrogens with zero attached hydrogens (tertiary/aromatic N) is 1. The maximum absolute atomic E-state index is 14.3. The number of ether oxygens (including phenoxy) is 1. The summed E-state index contributed by atoms with van der Waals surface area (Å²) in [5, 5.41) is 0. The van der Waals surface area contributed by atoms with Crippen LogP contribution in [0.25, 0.3) is 6.08 Å². The molecule has 2 bridgehead atoms. The van der Waals surface area contributed by atoms with Crippen LogP contribution < -0.4 is 4.72 Å². The fourth-order valence-corrected chi connectivity index (χ4v) is 7.43. The van der Waals surface area contributed by atoms with Gasteiger partial charge in [-0.05, 0) is 60.9 Å². The lowest BCUT2D eigenvalue weighted by Crippen LogP contribution is -2.28. The zero-order chi connectivity index (χ0) is 29.7. The molecule has 42 heavy (non-hydrogen) atoms. The first-order valence-electron chi connectivity index (χ1n) is 15.3. The summed E-state index contributed by atoms with van der Waals surface area (Å²) in [4.78, 5) is 29.5. The zero-order valence-corrected chi connectivity index (χ0v) is 25.0. The number of carbonyl (C=O) groups excluding carboxylic acids is 2. The molecule has 3 fully saturated rings. The standard InChI is InChI=1S/C32H41FN2O6S/c1-42(38,39)35-30(37)17-13-22-12-14-24(33)18-23(22)19-25-28-15-16-29(41-28)31(25)32-34-26(20-40-32)27(36)11-7-3-6-10-21-8-4-2-5-9-21/h12-14,17-18,20-21,25,28-29,31H,2-11,15-16,19H2,1H3,(H,35,37)/b17-13+. The number of sulfonamides is 1. The summed E-state index contributed by atoms with van der Waals surface area (Å²) in [5.74, 6) is -0.0787. The highest BCUT2D eigenvalue weighted by Gasteiger charge is 2.51. The van der Waals surface area contributed by atoms with Gasteiger partial charge in [-0.2, -0.15) is 0 Å². The summed E-state index contributed by atoms with van der Waals surface area (Å²) in [6.07, 6.45) is 18.6. The molecule has 8 nitrogen and oxygen atoms in total. The Balaban J connectivity index is 1.21. The number of hydrogen-bond donors (Lipinski definition) is 1. The van der Waals surface area contributed by atoms with E-state index in [2.05, 4.69) is 4.98 Å². The van der Waals surface area contributed by atoms with E-state index in [9.17, 15) is 22.4 Å². The normalized spacial score (nSPS) is 24.4. The Kier molecular flexibility index (Phi) is 9.93. The highest BCUT2D eigenvalue weighted by atomic mass is 32.2. The minimum Gasteiger partial charge on any atom is -0.448 e. The average Bonchev–Trinajstić information content (AvgIpc) is 3.69. The largest absolute Gasteiger partial charge is 0.448 e. The molecular formula is C32H41FN2O6S. The van der Waals surface area contributed by atoms with Crippen LogP contribution in [0.4, 0.5) is 4.39 Å². The number of carbonyl (C=O) groups is 2. The minimum atomic E-state index is -3.69. The van der Waals surface area contributed by atoms with E-state index in [4.69, 9.17) is 9.15 Å². The van der Waals surface area contributed by atoms with Crippen LogP contribution in [-0.2, 0) is 26.0 Å². The van der Waals surface area contributed by atoms with Crippen molar-refractivity contribution in [2.45, 2.75) is 102 Å². The van der Waals surface area contributed by atoms with Gasteiger partial charge in [0.15, 0.2) is 5.78 Å². The van der Waals surface area contributed by atoms with Crippen LogP contribution in [0.5, 0.6) is 0 Å². The average molecular weight is 601 g/mol. The van der Waals surface area contributed by atoms with Gasteiger partial charge in [-0.25, -0.2) is 22.5 Å². The van der Waals surface area contributed by atoms with Gasteiger partial charge in [0.05, 0.1) is 24.4 Å². The minimum absolute atomic E-state index is 0.00628. The predicted octanol–water partition coefficient (Wildman–Crippen LogP) is 6.12. The van der Waals surface area contributed by atoms with Crippen LogP contribution in [0, 0.1) is 17.7 Å². The second-order valence-corrected chi connectivity index (χ2v) is 13.9. The number of unbranched alkanes of at least 4 members (excludes halogenated alkanes) is 2. The number of oxazole rings is 1. The molecule has 4 unspecified atom stereocenters. The van der Waals surface area contributed by atoms with Crippen molar-refractivity contribution in [1.82, 2.24) is 9.71 Å². The number of nitrogens with one attached hydrogen (secondary N) is 1. The Morgan fingerprint density at radius 3 is 2.64 bits per heavy atom. The van der Waals surface area contributed by atoms with Crippen LogP contribution in [0.15, 0.2) is 35.0 Å². The van der Waals surface area contributed by atoms with Crippen LogP contribution in [0.1, 0.15) is 110 Å². The third kappa shape index (κ3) is 7.95. The quantitative estimate of drug-likeness (QED) is 0.167. The molecule has 10 heteroatoms. The topological polar surface area (TPSA) is 116 Å². The Morgan fingerprint density at radius 2 is 1.86 bits per heavy atom. The summed E-state index contributed by atoms with van der Waals surface area (Å²) >= 11 is 0. The van der Waals surface area contributed by atoms with E-state index >= 15 is 0 Å². The molecule has 1 saturated carbocycles. The number of rotatable bonds is 13. The SMILES string of the molecule is CS(=O)(=O)NC(=O)/C=C/c1ccc(F)cc1CC1C2CCC(O2)C1c1nc(C(=O)CCCCCC2CCCCC2)co1. The molecule has 0 radical (unpaired) electrons. The van der Waals surface area contributed by atoms with E-state index in [0.29, 0.717) is 35.6 Å². The first-order valence-corrected chi connectivity index (χ1v) is 17.2. The third-order valence-electron chi connectivity index (χ3n) is 9.02. The molecule has 5 rings (SSSR count). The maximum atomic E-state index is 14.3. The number of ketones is 1. The fraction of sp³-hybridized carbons (Fsp3) is 0.594. The number of fused-ring (bicyclic) bond motifs is 2. The van der Waals surface area contributed by atoms with Gasteiger partial charge in [0.25, 0.3) is 5.91 Å². The highest BCUT2D eigenvalue weighted by Crippen LogP contribution is 2.50. The molecule has 1 aromatic carbocycles. The number of hydrogen-bond acceptors (Lipinski definition) is 7.